The third-order valence-electron chi connectivity index (χ3n) is 2.50. The Morgan fingerprint density at radius 2 is 2.00 bits per heavy atom. The second-order valence-corrected chi connectivity index (χ2v) is 4.71. The van der Waals surface area contributed by atoms with Crippen LogP contribution in [-0.4, -0.2) is 30.1 Å². The van der Waals surface area contributed by atoms with Gasteiger partial charge < -0.3 is 15.7 Å². The van der Waals surface area contributed by atoms with Crippen molar-refractivity contribution in [2.24, 2.45) is 0 Å². The number of rotatable bonds is 6. The molecular weight excluding hydrogens is 268 g/mol. The van der Waals surface area contributed by atoms with Crippen LogP contribution >= 0.6 is 11.6 Å². The van der Waals surface area contributed by atoms with Crippen molar-refractivity contribution in [3.8, 4) is 0 Å². The molecule has 0 spiro atoms. The zero-order valence-corrected chi connectivity index (χ0v) is 11.7. The van der Waals surface area contributed by atoms with Crippen LogP contribution in [0.15, 0.2) is 12.1 Å². The summed E-state index contributed by atoms with van der Waals surface area (Å²) in [5, 5.41) is 14.4. The monoisotopic (exact) mass is 284 g/mol. The first kappa shape index (κ1) is 15.5. The fraction of sp³-hybridized carbons (Fsp3) is 0.385. The second-order valence-electron chi connectivity index (χ2n) is 4.31. The topological polar surface area (TPSA) is 78.4 Å². The van der Waals surface area contributed by atoms with E-state index in [-0.39, 0.29) is 25.4 Å². The van der Waals surface area contributed by atoms with E-state index in [0.29, 0.717) is 10.7 Å². The van der Waals surface area contributed by atoms with E-state index in [1.54, 1.807) is 6.07 Å². The molecular formula is C13H17ClN2O3. The number of aliphatic carboxylic acids is 1. The van der Waals surface area contributed by atoms with Crippen LogP contribution in [0.2, 0.25) is 5.02 Å². The van der Waals surface area contributed by atoms with E-state index in [9.17, 15) is 9.59 Å². The van der Waals surface area contributed by atoms with Crippen LogP contribution in [-0.2, 0) is 9.59 Å². The lowest BCUT2D eigenvalue weighted by atomic mass is 10.1. The molecule has 0 atom stereocenters. The van der Waals surface area contributed by atoms with Crippen LogP contribution in [0.3, 0.4) is 0 Å². The molecule has 1 aromatic rings. The molecule has 0 saturated carbocycles. The SMILES string of the molecule is Cc1cc(C)c(NC(=O)CNCCC(=O)O)c(Cl)c1. The first-order valence-corrected chi connectivity index (χ1v) is 6.27. The van der Waals surface area contributed by atoms with Gasteiger partial charge in [0, 0.05) is 6.54 Å². The normalized spacial score (nSPS) is 10.3. The van der Waals surface area contributed by atoms with Crippen molar-refractivity contribution in [2.75, 3.05) is 18.4 Å². The van der Waals surface area contributed by atoms with Crippen molar-refractivity contribution in [2.45, 2.75) is 20.3 Å². The highest BCUT2D eigenvalue weighted by Gasteiger charge is 2.09. The highest BCUT2D eigenvalue weighted by atomic mass is 35.5. The van der Waals surface area contributed by atoms with Crippen LogP contribution in [0.4, 0.5) is 5.69 Å². The van der Waals surface area contributed by atoms with E-state index in [1.807, 2.05) is 19.9 Å². The van der Waals surface area contributed by atoms with Crippen LogP contribution < -0.4 is 10.6 Å². The van der Waals surface area contributed by atoms with Gasteiger partial charge in [0.2, 0.25) is 5.91 Å². The summed E-state index contributed by atoms with van der Waals surface area (Å²) in [7, 11) is 0. The lowest BCUT2D eigenvalue weighted by Gasteiger charge is -2.11. The molecule has 0 bridgehead atoms. The molecule has 104 valence electrons. The van der Waals surface area contributed by atoms with Gasteiger partial charge in [-0.1, -0.05) is 17.7 Å². The average Bonchev–Trinajstić information content (AvgIpc) is 2.29. The summed E-state index contributed by atoms with van der Waals surface area (Å²) in [5.74, 6) is -1.15. The van der Waals surface area contributed by atoms with Crippen LogP contribution in [0.25, 0.3) is 0 Å². The number of carboxylic acids is 1. The van der Waals surface area contributed by atoms with Crippen molar-refractivity contribution in [1.82, 2.24) is 5.32 Å². The molecule has 0 aliphatic carbocycles. The summed E-state index contributed by atoms with van der Waals surface area (Å²) in [6.07, 6.45) is -0.0163. The summed E-state index contributed by atoms with van der Waals surface area (Å²) in [6, 6.07) is 3.71. The maximum Gasteiger partial charge on any atom is 0.304 e. The minimum Gasteiger partial charge on any atom is -0.481 e. The number of benzene rings is 1. The molecule has 0 saturated heterocycles. The first-order valence-electron chi connectivity index (χ1n) is 5.89. The van der Waals surface area contributed by atoms with Crippen LogP contribution in [0.1, 0.15) is 17.5 Å². The number of carbonyl (C=O) groups is 2. The van der Waals surface area contributed by atoms with Gasteiger partial charge in [0.25, 0.3) is 0 Å². The summed E-state index contributed by atoms with van der Waals surface area (Å²) >= 11 is 6.07. The summed E-state index contributed by atoms with van der Waals surface area (Å²) < 4.78 is 0. The number of carboxylic acid groups (broad SMARTS) is 1. The fourth-order valence-electron chi connectivity index (χ4n) is 1.65. The van der Waals surface area contributed by atoms with Crippen LogP contribution in [0.5, 0.6) is 0 Å². The van der Waals surface area contributed by atoms with E-state index in [1.165, 1.54) is 0 Å². The maximum absolute atomic E-state index is 11.7. The highest BCUT2D eigenvalue weighted by Crippen LogP contribution is 2.27. The van der Waals surface area contributed by atoms with Gasteiger partial charge in [0.1, 0.15) is 0 Å². The molecule has 0 heterocycles. The average molecular weight is 285 g/mol. The van der Waals surface area contributed by atoms with Gasteiger partial charge in [0.15, 0.2) is 0 Å². The van der Waals surface area contributed by atoms with Crippen molar-refractivity contribution >= 4 is 29.2 Å². The largest absolute Gasteiger partial charge is 0.481 e. The molecule has 0 radical (unpaired) electrons. The molecule has 1 rings (SSSR count). The Kier molecular flexibility index (Phi) is 5.79. The third kappa shape index (κ3) is 5.28. The van der Waals surface area contributed by atoms with Gasteiger partial charge in [-0.05, 0) is 31.0 Å². The van der Waals surface area contributed by atoms with Crippen molar-refractivity contribution in [1.29, 1.82) is 0 Å². The van der Waals surface area contributed by atoms with E-state index in [2.05, 4.69) is 10.6 Å². The minimum atomic E-state index is -0.898. The molecule has 0 aliphatic rings. The number of hydrogen-bond acceptors (Lipinski definition) is 3. The Bertz CT molecular complexity index is 466. The summed E-state index contributed by atoms with van der Waals surface area (Å²) in [5.41, 5.74) is 2.52. The Morgan fingerprint density at radius 1 is 1.32 bits per heavy atom. The molecule has 6 heteroatoms. The molecule has 0 aliphatic heterocycles. The lowest BCUT2D eigenvalue weighted by Crippen LogP contribution is -2.29. The summed E-state index contributed by atoms with van der Waals surface area (Å²) in [6.45, 7) is 4.10. The van der Waals surface area contributed by atoms with Gasteiger partial charge in [0.05, 0.1) is 23.7 Å². The van der Waals surface area contributed by atoms with Crippen molar-refractivity contribution in [3.63, 3.8) is 0 Å². The molecule has 19 heavy (non-hydrogen) atoms. The molecule has 0 unspecified atom stereocenters. The number of amides is 1. The Morgan fingerprint density at radius 3 is 2.58 bits per heavy atom. The van der Waals surface area contributed by atoms with E-state index < -0.39 is 5.97 Å². The number of aryl methyl sites for hydroxylation is 2. The van der Waals surface area contributed by atoms with Gasteiger partial charge in [-0.3, -0.25) is 9.59 Å². The van der Waals surface area contributed by atoms with E-state index in [0.717, 1.165) is 11.1 Å². The number of anilines is 1. The van der Waals surface area contributed by atoms with Gasteiger partial charge >= 0.3 is 5.97 Å². The highest BCUT2D eigenvalue weighted by molar-refractivity contribution is 6.34. The lowest BCUT2D eigenvalue weighted by molar-refractivity contribution is -0.137. The van der Waals surface area contributed by atoms with E-state index >= 15 is 0 Å². The number of nitrogens with one attached hydrogen (secondary N) is 2. The standard InChI is InChI=1S/C13H17ClN2O3/c1-8-5-9(2)13(10(14)6-8)16-11(17)7-15-4-3-12(18)19/h5-6,15H,3-4,7H2,1-2H3,(H,16,17)(H,18,19). The maximum atomic E-state index is 11.7. The number of hydrogen-bond donors (Lipinski definition) is 3. The third-order valence-corrected chi connectivity index (χ3v) is 2.80. The molecule has 0 aromatic heterocycles. The van der Waals surface area contributed by atoms with E-state index in [4.69, 9.17) is 16.7 Å². The fourth-order valence-corrected chi connectivity index (χ4v) is 2.02. The molecule has 5 nitrogen and oxygen atoms in total. The zero-order valence-electron chi connectivity index (χ0n) is 10.9. The molecule has 1 aromatic carbocycles. The van der Waals surface area contributed by atoms with Gasteiger partial charge in [-0.25, -0.2) is 0 Å². The zero-order chi connectivity index (χ0) is 14.4. The smallest absolute Gasteiger partial charge is 0.304 e. The Labute approximate surface area is 117 Å². The van der Waals surface area contributed by atoms with Crippen molar-refractivity contribution in [3.05, 3.63) is 28.3 Å². The van der Waals surface area contributed by atoms with Crippen molar-refractivity contribution < 1.29 is 14.7 Å². The van der Waals surface area contributed by atoms with Gasteiger partial charge in [-0.15, -0.1) is 0 Å². The quantitative estimate of drug-likeness (QED) is 0.698. The predicted molar refractivity (Wildman–Crippen MR) is 74.7 cm³/mol. The Balaban J connectivity index is 2.51. The van der Waals surface area contributed by atoms with Gasteiger partial charge in [-0.2, -0.15) is 0 Å². The summed E-state index contributed by atoms with van der Waals surface area (Å²) in [4.78, 5) is 22.0. The number of halogens is 1. The second kappa shape index (κ2) is 7.11. The molecule has 1 amide bonds. The predicted octanol–water partition coefficient (Wildman–Crippen LogP) is 1.96. The number of carbonyl (C=O) groups excluding carboxylic acids is 1. The first-order chi connectivity index (χ1) is 8.90. The minimum absolute atomic E-state index is 0.0163. The molecule has 3 N–H and O–H groups in total. The Hall–Kier alpha value is -1.59. The molecule has 0 fully saturated rings. The van der Waals surface area contributed by atoms with Crippen LogP contribution in [0, 0.1) is 13.8 Å².